The van der Waals surface area contributed by atoms with Gasteiger partial charge in [-0.3, -0.25) is 0 Å². The third kappa shape index (κ3) is 5.19. The molecule has 0 heterocycles. The maximum absolute atomic E-state index is 2.38. The zero-order valence-corrected chi connectivity index (χ0v) is 28.0. The van der Waals surface area contributed by atoms with E-state index < -0.39 is 0 Å². The quantitative estimate of drug-likeness (QED) is 0.168. The SMILES string of the molecule is c1ccc2cc(-c3ccc(N(c4ccc(-c5ccc6ccc7ccccc7c6c5)cc4)c4ccc5ccc6ccccc6c5c4)cc3)ccc2c1. The highest BCUT2D eigenvalue weighted by Crippen LogP contribution is 2.40. The molecule has 0 unspecified atom stereocenters. The second-order valence-corrected chi connectivity index (χ2v) is 13.4. The monoisotopic (exact) mass is 647 g/mol. The summed E-state index contributed by atoms with van der Waals surface area (Å²) in [6, 6.07) is 73.1. The molecule has 1 nitrogen and oxygen atoms in total. The van der Waals surface area contributed by atoms with Gasteiger partial charge in [-0.25, -0.2) is 0 Å². The maximum atomic E-state index is 2.38. The van der Waals surface area contributed by atoms with Gasteiger partial charge in [0.25, 0.3) is 0 Å². The number of nitrogens with zero attached hydrogens (tertiary/aromatic N) is 1. The number of anilines is 3. The molecular weight excluding hydrogens is 615 g/mol. The summed E-state index contributed by atoms with van der Waals surface area (Å²) in [5.41, 5.74) is 8.19. The van der Waals surface area contributed by atoms with E-state index in [0.717, 1.165) is 17.1 Å². The largest absolute Gasteiger partial charge is 0.310 e. The van der Waals surface area contributed by atoms with E-state index in [0.29, 0.717) is 0 Å². The van der Waals surface area contributed by atoms with Gasteiger partial charge in [0, 0.05) is 17.1 Å². The van der Waals surface area contributed by atoms with Crippen molar-refractivity contribution in [1.82, 2.24) is 0 Å². The molecule has 10 rings (SSSR count). The molecule has 1 heteroatoms. The summed E-state index contributed by atoms with van der Waals surface area (Å²) >= 11 is 0. The Morgan fingerprint density at radius 3 is 1.18 bits per heavy atom. The molecule has 0 N–H and O–H groups in total. The standard InChI is InChI=1S/C50H33N/c1-2-10-41-31-42(19-13-34(41)7-1)35-21-26-44(27-22-35)51(46-30-25-40-17-15-38-9-4-6-12-48(38)50(40)33-46)45-28-23-36(24-29-45)43-20-18-39-16-14-37-8-3-5-11-47(37)49(39)32-43/h1-33H. The molecule has 0 amide bonds. The van der Waals surface area contributed by atoms with Crippen molar-refractivity contribution in [2.24, 2.45) is 0 Å². The first-order chi connectivity index (χ1) is 25.2. The van der Waals surface area contributed by atoms with Crippen molar-refractivity contribution in [3.8, 4) is 22.3 Å². The van der Waals surface area contributed by atoms with Crippen LogP contribution in [0.1, 0.15) is 0 Å². The second-order valence-electron chi connectivity index (χ2n) is 13.4. The summed E-state index contributed by atoms with van der Waals surface area (Å²) in [5.74, 6) is 0. The average molecular weight is 648 g/mol. The van der Waals surface area contributed by atoms with Crippen LogP contribution in [0.15, 0.2) is 200 Å². The summed E-state index contributed by atoms with van der Waals surface area (Å²) in [4.78, 5) is 2.38. The number of hydrogen-bond acceptors (Lipinski definition) is 1. The summed E-state index contributed by atoms with van der Waals surface area (Å²) in [6.45, 7) is 0. The van der Waals surface area contributed by atoms with Crippen molar-refractivity contribution in [3.05, 3.63) is 200 Å². The fraction of sp³-hybridized carbons (Fsp3) is 0. The van der Waals surface area contributed by atoms with Gasteiger partial charge in [-0.2, -0.15) is 0 Å². The maximum Gasteiger partial charge on any atom is 0.0468 e. The van der Waals surface area contributed by atoms with Crippen molar-refractivity contribution in [1.29, 1.82) is 0 Å². The Hall–Kier alpha value is -6.70. The van der Waals surface area contributed by atoms with E-state index in [2.05, 4.69) is 205 Å². The van der Waals surface area contributed by atoms with E-state index in [4.69, 9.17) is 0 Å². The molecule has 51 heavy (non-hydrogen) atoms. The van der Waals surface area contributed by atoms with Crippen LogP contribution in [0, 0.1) is 0 Å². The van der Waals surface area contributed by atoms with E-state index in [1.54, 1.807) is 0 Å². The van der Waals surface area contributed by atoms with Crippen LogP contribution < -0.4 is 4.90 Å². The Balaban J connectivity index is 1.08. The third-order valence-corrected chi connectivity index (χ3v) is 10.4. The van der Waals surface area contributed by atoms with Gasteiger partial charge in [0.1, 0.15) is 0 Å². The first-order valence-corrected chi connectivity index (χ1v) is 17.6. The van der Waals surface area contributed by atoms with Crippen molar-refractivity contribution in [3.63, 3.8) is 0 Å². The van der Waals surface area contributed by atoms with Crippen LogP contribution in [0.2, 0.25) is 0 Å². The van der Waals surface area contributed by atoms with Gasteiger partial charge in [-0.15, -0.1) is 0 Å². The highest BCUT2D eigenvalue weighted by Gasteiger charge is 2.15. The molecule has 0 radical (unpaired) electrons. The molecule has 0 aliphatic carbocycles. The molecule has 0 aliphatic rings. The normalized spacial score (nSPS) is 11.5. The lowest BCUT2D eigenvalue weighted by Gasteiger charge is -2.26. The molecule has 10 aromatic carbocycles. The predicted molar refractivity (Wildman–Crippen MR) is 220 cm³/mol. The first kappa shape index (κ1) is 29.2. The van der Waals surface area contributed by atoms with Gasteiger partial charge < -0.3 is 4.90 Å². The van der Waals surface area contributed by atoms with Crippen LogP contribution in [-0.2, 0) is 0 Å². The number of benzene rings is 10. The molecular formula is C50H33N. The number of hydrogen-bond donors (Lipinski definition) is 0. The van der Waals surface area contributed by atoms with Crippen LogP contribution in [0.4, 0.5) is 17.1 Å². The number of fused-ring (bicyclic) bond motifs is 7. The molecule has 0 atom stereocenters. The topological polar surface area (TPSA) is 3.24 Å². The van der Waals surface area contributed by atoms with Crippen LogP contribution in [-0.4, -0.2) is 0 Å². The Bertz CT molecular complexity index is 2900. The van der Waals surface area contributed by atoms with Crippen molar-refractivity contribution < 1.29 is 0 Å². The fourth-order valence-electron chi connectivity index (χ4n) is 7.73. The average Bonchev–Trinajstić information content (AvgIpc) is 3.21. The van der Waals surface area contributed by atoms with Gasteiger partial charge in [0.05, 0.1) is 0 Å². The summed E-state index contributed by atoms with van der Waals surface area (Å²) in [5, 5.41) is 12.6. The smallest absolute Gasteiger partial charge is 0.0468 e. The lowest BCUT2D eigenvalue weighted by atomic mass is 9.97. The Morgan fingerprint density at radius 2 is 0.588 bits per heavy atom. The second kappa shape index (κ2) is 12.0. The molecule has 10 aromatic rings. The Labute approximate surface area is 297 Å². The first-order valence-electron chi connectivity index (χ1n) is 17.6. The third-order valence-electron chi connectivity index (χ3n) is 10.4. The zero-order valence-electron chi connectivity index (χ0n) is 28.0. The van der Waals surface area contributed by atoms with Crippen LogP contribution in [0.5, 0.6) is 0 Å². The zero-order chi connectivity index (χ0) is 33.7. The fourth-order valence-corrected chi connectivity index (χ4v) is 7.73. The van der Waals surface area contributed by atoms with E-state index in [9.17, 15) is 0 Å². The molecule has 238 valence electrons. The van der Waals surface area contributed by atoms with Gasteiger partial charge in [-0.1, -0.05) is 152 Å². The van der Waals surface area contributed by atoms with E-state index >= 15 is 0 Å². The van der Waals surface area contributed by atoms with Crippen molar-refractivity contribution >= 4 is 70.9 Å². The van der Waals surface area contributed by atoms with E-state index in [1.165, 1.54) is 76.1 Å². The molecule has 0 saturated carbocycles. The molecule has 0 saturated heterocycles. The Kier molecular flexibility index (Phi) is 6.89. The minimum atomic E-state index is 1.11. The molecule has 0 aromatic heterocycles. The lowest BCUT2D eigenvalue weighted by molar-refractivity contribution is 1.29. The summed E-state index contributed by atoms with van der Waals surface area (Å²) in [7, 11) is 0. The van der Waals surface area contributed by atoms with Crippen molar-refractivity contribution in [2.45, 2.75) is 0 Å². The van der Waals surface area contributed by atoms with Gasteiger partial charge in [-0.05, 0) is 125 Å². The highest BCUT2D eigenvalue weighted by atomic mass is 15.1. The van der Waals surface area contributed by atoms with E-state index in [-0.39, 0.29) is 0 Å². The van der Waals surface area contributed by atoms with Crippen LogP contribution in [0.3, 0.4) is 0 Å². The number of rotatable bonds is 5. The predicted octanol–water partition coefficient (Wildman–Crippen LogP) is 14.3. The molecule has 0 aliphatic heterocycles. The minimum absolute atomic E-state index is 1.11. The molecule has 0 fully saturated rings. The van der Waals surface area contributed by atoms with Crippen LogP contribution >= 0.6 is 0 Å². The van der Waals surface area contributed by atoms with Crippen LogP contribution in [0.25, 0.3) is 76.1 Å². The van der Waals surface area contributed by atoms with Gasteiger partial charge >= 0.3 is 0 Å². The van der Waals surface area contributed by atoms with Gasteiger partial charge in [0.2, 0.25) is 0 Å². The lowest BCUT2D eigenvalue weighted by Crippen LogP contribution is -2.09. The minimum Gasteiger partial charge on any atom is -0.310 e. The summed E-state index contributed by atoms with van der Waals surface area (Å²) < 4.78 is 0. The molecule has 0 spiro atoms. The Morgan fingerprint density at radius 1 is 0.216 bits per heavy atom. The summed E-state index contributed by atoms with van der Waals surface area (Å²) in [6.07, 6.45) is 0. The van der Waals surface area contributed by atoms with Gasteiger partial charge in [0.15, 0.2) is 0 Å². The van der Waals surface area contributed by atoms with E-state index in [1.807, 2.05) is 0 Å². The molecule has 0 bridgehead atoms. The van der Waals surface area contributed by atoms with Crippen molar-refractivity contribution in [2.75, 3.05) is 4.90 Å². The highest BCUT2D eigenvalue weighted by molar-refractivity contribution is 6.10.